The Balaban J connectivity index is 1.56. The van der Waals surface area contributed by atoms with E-state index in [0.29, 0.717) is 11.3 Å². The number of hydrogen-bond acceptors (Lipinski definition) is 6. The zero-order chi connectivity index (χ0) is 20.1. The van der Waals surface area contributed by atoms with Crippen LogP contribution in [-0.2, 0) is 4.79 Å². The van der Waals surface area contributed by atoms with Gasteiger partial charge in [-0.2, -0.15) is 0 Å². The molecule has 0 spiro atoms. The molecular weight excluding hydrogens is 358 g/mol. The number of nitrogens with one attached hydrogen (secondary N) is 2. The first-order valence-electron chi connectivity index (χ1n) is 8.63. The zero-order valence-corrected chi connectivity index (χ0v) is 15.9. The lowest BCUT2D eigenvalue weighted by molar-refractivity contribution is -0.114. The third-order valence-corrected chi connectivity index (χ3v) is 4.07. The van der Waals surface area contributed by atoms with Crippen molar-refractivity contribution in [2.24, 2.45) is 0 Å². The number of hydrogen-bond donors (Lipinski definition) is 2. The van der Waals surface area contributed by atoms with Crippen molar-refractivity contribution in [1.29, 1.82) is 0 Å². The minimum atomic E-state index is -0.186. The lowest BCUT2D eigenvalue weighted by Crippen LogP contribution is -2.23. The van der Waals surface area contributed by atoms with Crippen molar-refractivity contribution in [1.82, 2.24) is 25.1 Å². The number of rotatable bonds is 6. The van der Waals surface area contributed by atoms with Crippen LogP contribution in [0.3, 0.4) is 0 Å². The molecule has 0 aliphatic rings. The van der Waals surface area contributed by atoms with Crippen LogP contribution in [0.15, 0.2) is 48.8 Å². The fourth-order valence-corrected chi connectivity index (χ4v) is 2.64. The van der Waals surface area contributed by atoms with Crippen LogP contribution in [0.1, 0.15) is 15.9 Å². The van der Waals surface area contributed by atoms with Gasteiger partial charge in [0.25, 0.3) is 5.91 Å². The third-order valence-electron chi connectivity index (χ3n) is 4.07. The summed E-state index contributed by atoms with van der Waals surface area (Å²) in [6.45, 7) is 2.06. The number of tetrazole rings is 1. The molecule has 3 rings (SSSR count). The van der Waals surface area contributed by atoms with Gasteiger partial charge in [0.15, 0.2) is 0 Å². The van der Waals surface area contributed by atoms with E-state index in [2.05, 4.69) is 26.2 Å². The molecule has 3 aromatic rings. The quantitative estimate of drug-likeness (QED) is 0.676. The molecule has 9 heteroatoms. The van der Waals surface area contributed by atoms with E-state index < -0.39 is 0 Å². The average molecular weight is 379 g/mol. The van der Waals surface area contributed by atoms with Crippen molar-refractivity contribution < 1.29 is 9.59 Å². The number of anilines is 2. The zero-order valence-electron chi connectivity index (χ0n) is 15.9. The minimum Gasteiger partial charge on any atom is -0.376 e. The molecule has 9 nitrogen and oxygen atoms in total. The topological polar surface area (TPSA) is 105 Å². The maximum atomic E-state index is 12.2. The monoisotopic (exact) mass is 379 g/mol. The van der Waals surface area contributed by atoms with Gasteiger partial charge < -0.3 is 15.5 Å². The highest BCUT2D eigenvalue weighted by Gasteiger charge is 2.09. The maximum Gasteiger partial charge on any atom is 0.253 e. The van der Waals surface area contributed by atoms with Gasteiger partial charge in [0.1, 0.15) is 6.33 Å². The molecule has 0 saturated heterocycles. The second-order valence-electron chi connectivity index (χ2n) is 6.43. The molecule has 0 unspecified atom stereocenters. The molecule has 0 radical (unpaired) electrons. The summed E-state index contributed by atoms with van der Waals surface area (Å²) in [5.41, 5.74) is 3.86. The van der Waals surface area contributed by atoms with E-state index in [9.17, 15) is 9.59 Å². The number of carbonyl (C=O) groups is 2. The summed E-state index contributed by atoms with van der Waals surface area (Å²) in [7, 11) is 3.39. The highest BCUT2D eigenvalue weighted by Crippen LogP contribution is 2.18. The van der Waals surface area contributed by atoms with Crippen LogP contribution in [0.5, 0.6) is 0 Å². The lowest BCUT2D eigenvalue weighted by atomic mass is 10.1. The van der Waals surface area contributed by atoms with Crippen molar-refractivity contribution >= 4 is 23.2 Å². The summed E-state index contributed by atoms with van der Waals surface area (Å²) in [6, 6.07) is 12.5. The first-order chi connectivity index (χ1) is 13.4. The Morgan fingerprint density at radius 3 is 2.39 bits per heavy atom. The molecule has 0 bridgehead atoms. The molecule has 0 atom stereocenters. The van der Waals surface area contributed by atoms with Crippen LogP contribution < -0.4 is 10.6 Å². The van der Waals surface area contributed by atoms with E-state index in [-0.39, 0.29) is 18.4 Å². The van der Waals surface area contributed by atoms with E-state index in [1.165, 1.54) is 11.2 Å². The molecule has 0 aliphatic carbocycles. The van der Waals surface area contributed by atoms with Gasteiger partial charge >= 0.3 is 0 Å². The van der Waals surface area contributed by atoms with Crippen molar-refractivity contribution in [3.05, 3.63) is 59.9 Å². The molecule has 2 aromatic carbocycles. The van der Waals surface area contributed by atoms with Gasteiger partial charge in [0, 0.05) is 31.0 Å². The van der Waals surface area contributed by atoms with Crippen LogP contribution in [0.4, 0.5) is 11.4 Å². The van der Waals surface area contributed by atoms with Crippen LogP contribution in [0.2, 0.25) is 0 Å². The molecule has 1 aromatic heterocycles. The van der Waals surface area contributed by atoms with Gasteiger partial charge in [-0.05, 0) is 65.4 Å². The Morgan fingerprint density at radius 1 is 1.07 bits per heavy atom. The largest absolute Gasteiger partial charge is 0.376 e. The highest BCUT2D eigenvalue weighted by atomic mass is 16.2. The Morgan fingerprint density at radius 2 is 1.79 bits per heavy atom. The fourth-order valence-electron chi connectivity index (χ4n) is 2.64. The van der Waals surface area contributed by atoms with Crippen molar-refractivity contribution in [2.75, 3.05) is 31.3 Å². The fraction of sp³-hybridized carbons (Fsp3) is 0.211. The lowest BCUT2D eigenvalue weighted by Gasteiger charge is -2.12. The molecular formula is C19H21N7O2. The van der Waals surface area contributed by atoms with E-state index in [1.807, 2.05) is 25.1 Å². The molecule has 1 heterocycles. The van der Waals surface area contributed by atoms with Gasteiger partial charge in [-0.25, -0.2) is 4.68 Å². The summed E-state index contributed by atoms with van der Waals surface area (Å²) >= 11 is 0. The van der Waals surface area contributed by atoms with Crippen molar-refractivity contribution in [2.45, 2.75) is 6.92 Å². The number of aromatic nitrogens is 4. The molecule has 2 amide bonds. The second-order valence-corrected chi connectivity index (χ2v) is 6.43. The van der Waals surface area contributed by atoms with E-state index in [4.69, 9.17) is 0 Å². The van der Waals surface area contributed by atoms with Crippen molar-refractivity contribution in [3.63, 3.8) is 0 Å². The number of carbonyl (C=O) groups excluding carboxylic acids is 2. The number of amides is 2. The molecule has 0 fully saturated rings. The van der Waals surface area contributed by atoms with E-state index in [1.54, 1.807) is 43.0 Å². The standard InChI is InChI=1S/C19H21N7O2/c1-13-10-16(8-9-17(13)26-12-21-23-24-26)20-11-18(27)22-15-6-4-14(5-7-15)19(28)25(2)3/h4-10,12,20H,11H2,1-3H3,(H,22,27). The SMILES string of the molecule is Cc1cc(NCC(=O)Nc2ccc(C(=O)N(C)C)cc2)ccc1-n1cnnn1. The first kappa shape index (κ1) is 19.0. The first-order valence-corrected chi connectivity index (χ1v) is 8.63. The minimum absolute atomic E-state index is 0.0833. The van der Waals surface area contributed by atoms with Gasteiger partial charge in [-0.15, -0.1) is 5.10 Å². The summed E-state index contributed by atoms with van der Waals surface area (Å²) < 4.78 is 1.58. The smallest absolute Gasteiger partial charge is 0.253 e. The van der Waals surface area contributed by atoms with Gasteiger partial charge in [0.05, 0.1) is 12.2 Å². The Kier molecular flexibility index (Phi) is 5.64. The summed E-state index contributed by atoms with van der Waals surface area (Å²) in [5, 5.41) is 17.0. The van der Waals surface area contributed by atoms with E-state index in [0.717, 1.165) is 16.9 Å². The third kappa shape index (κ3) is 4.50. The molecule has 2 N–H and O–H groups in total. The van der Waals surface area contributed by atoms with Crippen molar-refractivity contribution in [3.8, 4) is 5.69 Å². The van der Waals surface area contributed by atoms with E-state index >= 15 is 0 Å². The highest BCUT2D eigenvalue weighted by molar-refractivity contribution is 5.96. The average Bonchev–Trinajstić information content (AvgIpc) is 3.21. The summed E-state index contributed by atoms with van der Waals surface area (Å²) in [6.07, 6.45) is 1.53. The van der Waals surface area contributed by atoms with Crippen LogP contribution in [0, 0.1) is 6.92 Å². The van der Waals surface area contributed by atoms with Crippen LogP contribution >= 0.6 is 0 Å². The number of aryl methyl sites for hydroxylation is 1. The Hall–Kier alpha value is -3.75. The normalized spacial score (nSPS) is 10.4. The Labute approximate surface area is 162 Å². The number of benzene rings is 2. The molecule has 28 heavy (non-hydrogen) atoms. The van der Waals surface area contributed by atoms with Gasteiger partial charge in [0.2, 0.25) is 5.91 Å². The summed E-state index contributed by atoms with van der Waals surface area (Å²) in [4.78, 5) is 25.6. The van der Waals surface area contributed by atoms with Crippen LogP contribution in [-0.4, -0.2) is 57.6 Å². The summed E-state index contributed by atoms with van der Waals surface area (Å²) in [5.74, 6) is -0.270. The Bertz CT molecular complexity index is 966. The second kappa shape index (κ2) is 8.30. The van der Waals surface area contributed by atoms with Gasteiger partial charge in [-0.1, -0.05) is 0 Å². The molecule has 144 valence electrons. The van der Waals surface area contributed by atoms with Gasteiger partial charge in [-0.3, -0.25) is 9.59 Å². The molecule has 0 aliphatic heterocycles. The van der Waals surface area contributed by atoms with Crippen LogP contribution in [0.25, 0.3) is 5.69 Å². The predicted octanol–water partition coefficient (Wildman–Crippen LogP) is 1.72. The number of nitrogens with zero attached hydrogens (tertiary/aromatic N) is 5. The maximum absolute atomic E-state index is 12.2. The predicted molar refractivity (Wildman–Crippen MR) is 105 cm³/mol. The molecule has 0 saturated carbocycles.